The molecule has 4 N–H and O–H groups in total. The Morgan fingerprint density at radius 2 is 2.06 bits per heavy atom. The van der Waals surface area contributed by atoms with E-state index >= 15 is 0 Å². The van der Waals surface area contributed by atoms with Crippen molar-refractivity contribution in [1.29, 1.82) is 0 Å². The third kappa shape index (κ3) is 4.13. The van der Waals surface area contributed by atoms with E-state index in [0.717, 1.165) is 25.7 Å². The number of nitrogens with two attached hydrogens (primary N) is 1. The summed E-state index contributed by atoms with van der Waals surface area (Å²) >= 11 is 0. The molecule has 0 spiro atoms. The predicted octanol–water partition coefficient (Wildman–Crippen LogP) is 0.932. The van der Waals surface area contributed by atoms with Gasteiger partial charge in [-0.1, -0.05) is 12.8 Å². The van der Waals surface area contributed by atoms with E-state index in [-0.39, 0.29) is 23.9 Å². The third-order valence-corrected chi connectivity index (χ3v) is 2.41. The average molecular weight is 255 g/mol. The molecule has 0 aromatic carbocycles. The Kier molecular flexibility index (Phi) is 5.78. The standard InChI is InChI=1S/C10H17N5O3/c11-9-8(15(17)18)10(14-7-13-9)12-5-3-1-2-4-6-16/h7,16H,1-6H2,(H3,11,12,13,14). The highest BCUT2D eigenvalue weighted by molar-refractivity contribution is 5.67. The Morgan fingerprint density at radius 1 is 1.33 bits per heavy atom. The molecule has 0 saturated heterocycles. The molecule has 0 fully saturated rings. The number of aliphatic hydroxyl groups is 1. The molecule has 0 atom stereocenters. The first-order valence-electron chi connectivity index (χ1n) is 5.76. The van der Waals surface area contributed by atoms with Gasteiger partial charge in [-0.05, 0) is 12.8 Å². The van der Waals surface area contributed by atoms with Crippen molar-refractivity contribution in [3.63, 3.8) is 0 Å². The summed E-state index contributed by atoms with van der Waals surface area (Å²) < 4.78 is 0. The minimum Gasteiger partial charge on any atom is -0.396 e. The zero-order chi connectivity index (χ0) is 13.4. The van der Waals surface area contributed by atoms with Crippen LogP contribution in [0.2, 0.25) is 0 Å². The molecular weight excluding hydrogens is 238 g/mol. The summed E-state index contributed by atoms with van der Waals surface area (Å²) in [7, 11) is 0. The summed E-state index contributed by atoms with van der Waals surface area (Å²) in [6.07, 6.45) is 4.70. The predicted molar refractivity (Wildman–Crippen MR) is 67.1 cm³/mol. The van der Waals surface area contributed by atoms with E-state index in [1.54, 1.807) is 0 Å². The summed E-state index contributed by atoms with van der Waals surface area (Å²) in [6, 6.07) is 0. The minimum absolute atomic E-state index is 0.141. The first-order valence-corrected chi connectivity index (χ1v) is 5.76. The van der Waals surface area contributed by atoms with Crippen LogP contribution >= 0.6 is 0 Å². The number of nitro groups is 1. The number of nitrogens with one attached hydrogen (secondary N) is 1. The Bertz CT molecular complexity index is 399. The SMILES string of the molecule is Nc1ncnc(NCCCCCCO)c1[N+](=O)[O-]. The molecule has 0 unspecified atom stereocenters. The van der Waals surface area contributed by atoms with E-state index in [9.17, 15) is 10.1 Å². The van der Waals surface area contributed by atoms with Crippen LogP contribution in [0.3, 0.4) is 0 Å². The van der Waals surface area contributed by atoms with Crippen LogP contribution in [0.5, 0.6) is 0 Å². The summed E-state index contributed by atoms with van der Waals surface area (Å²) in [6.45, 7) is 0.768. The summed E-state index contributed by atoms with van der Waals surface area (Å²) in [4.78, 5) is 17.6. The van der Waals surface area contributed by atoms with Crippen molar-refractivity contribution in [2.24, 2.45) is 0 Å². The Hall–Kier alpha value is -1.96. The van der Waals surface area contributed by atoms with Crippen molar-refractivity contribution in [1.82, 2.24) is 9.97 Å². The molecule has 8 heteroatoms. The molecule has 1 heterocycles. The molecule has 0 aliphatic rings. The number of aromatic nitrogens is 2. The second-order valence-corrected chi connectivity index (χ2v) is 3.78. The van der Waals surface area contributed by atoms with Gasteiger partial charge in [0, 0.05) is 13.2 Å². The van der Waals surface area contributed by atoms with E-state index in [2.05, 4.69) is 15.3 Å². The lowest BCUT2D eigenvalue weighted by Crippen LogP contribution is -2.09. The van der Waals surface area contributed by atoms with Crippen molar-refractivity contribution in [2.75, 3.05) is 24.2 Å². The zero-order valence-electron chi connectivity index (χ0n) is 10.0. The van der Waals surface area contributed by atoms with E-state index in [1.165, 1.54) is 6.33 Å². The van der Waals surface area contributed by atoms with Crippen LogP contribution in [0.15, 0.2) is 6.33 Å². The minimum atomic E-state index is -0.594. The fourth-order valence-electron chi connectivity index (χ4n) is 1.50. The summed E-state index contributed by atoms with van der Waals surface area (Å²) in [5.74, 6) is 0.00689. The van der Waals surface area contributed by atoms with Gasteiger partial charge in [0.1, 0.15) is 6.33 Å². The van der Waals surface area contributed by atoms with Gasteiger partial charge >= 0.3 is 5.69 Å². The lowest BCUT2D eigenvalue weighted by molar-refractivity contribution is -0.383. The number of nitrogens with zero attached hydrogens (tertiary/aromatic N) is 3. The van der Waals surface area contributed by atoms with E-state index < -0.39 is 4.92 Å². The molecule has 0 radical (unpaired) electrons. The number of unbranched alkanes of at least 4 members (excludes halogenated alkanes) is 3. The molecule has 100 valence electrons. The zero-order valence-corrected chi connectivity index (χ0v) is 10.0. The Morgan fingerprint density at radius 3 is 2.72 bits per heavy atom. The molecular formula is C10H17N5O3. The van der Waals surface area contributed by atoms with Gasteiger partial charge in [-0.3, -0.25) is 10.1 Å². The molecule has 1 rings (SSSR count). The van der Waals surface area contributed by atoms with Gasteiger partial charge in [-0.15, -0.1) is 0 Å². The van der Waals surface area contributed by atoms with Gasteiger partial charge in [-0.25, -0.2) is 9.97 Å². The van der Waals surface area contributed by atoms with Crippen molar-refractivity contribution in [2.45, 2.75) is 25.7 Å². The second-order valence-electron chi connectivity index (χ2n) is 3.78. The van der Waals surface area contributed by atoms with Crippen LogP contribution in [0, 0.1) is 10.1 Å². The molecule has 1 aromatic rings. The number of rotatable bonds is 8. The summed E-state index contributed by atoms with van der Waals surface area (Å²) in [5.41, 5.74) is 5.15. The van der Waals surface area contributed by atoms with Crippen LogP contribution in [0.1, 0.15) is 25.7 Å². The highest BCUT2D eigenvalue weighted by Crippen LogP contribution is 2.26. The monoisotopic (exact) mass is 255 g/mol. The quantitative estimate of drug-likeness (QED) is 0.358. The number of aliphatic hydroxyl groups excluding tert-OH is 1. The van der Waals surface area contributed by atoms with E-state index in [0.29, 0.717) is 6.54 Å². The normalized spacial score (nSPS) is 10.3. The average Bonchev–Trinajstić information content (AvgIpc) is 2.33. The molecule has 0 bridgehead atoms. The maximum atomic E-state index is 10.8. The number of hydrogen-bond acceptors (Lipinski definition) is 7. The first-order chi connectivity index (χ1) is 8.66. The lowest BCUT2D eigenvalue weighted by Gasteiger charge is -2.06. The van der Waals surface area contributed by atoms with Crippen molar-refractivity contribution in [3.8, 4) is 0 Å². The van der Waals surface area contributed by atoms with Crippen molar-refractivity contribution >= 4 is 17.3 Å². The van der Waals surface area contributed by atoms with Crippen LogP contribution in [0.25, 0.3) is 0 Å². The summed E-state index contributed by atoms with van der Waals surface area (Å²) in [5, 5.41) is 22.3. The smallest absolute Gasteiger partial charge is 0.352 e. The number of hydrogen-bond donors (Lipinski definition) is 3. The van der Waals surface area contributed by atoms with Crippen LogP contribution < -0.4 is 11.1 Å². The van der Waals surface area contributed by atoms with E-state index in [4.69, 9.17) is 10.8 Å². The Labute approximate surface area is 104 Å². The Balaban J connectivity index is 2.47. The van der Waals surface area contributed by atoms with Crippen molar-refractivity contribution < 1.29 is 10.0 Å². The molecule has 0 amide bonds. The van der Waals surface area contributed by atoms with Crippen molar-refractivity contribution in [3.05, 3.63) is 16.4 Å². The maximum Gasteiger partial charge on any atom is 0.352 e. The van der Waals surface area contributed by atoms with Crippen LogP contribution in [-0.4, -0.2) is 33.1 Å². The molecule has 8 nitrogen and oxygen atoms in total. The van der Waals surface area contributed by atoms with Gasteiger partial charge in [0.15, 0.2) is 0 Å². The lowest BCUT2D eigenvalue weighted by atomic mass is 10.2. The fourth-order valence-corrected chi connectivity index (χ4v) is 1.50. The third-order valence-electron chi connectivity index (χ3n) is 2.41. The first kappa shape index (κ1) is 14.1. The molecule has 0 aliphatic heterocycles. The van der Waals surface area contributed by atoms with Gasteiger partial charge in [0.25, 0.3) is 0 Å². The van der Waals surface area contributed by atoms with Crippen LogP contribution in [0.4, 0.5) is 17.3 Å². The topological polar surface area (TPSA) is 127 Å². The largest absolute Gasteiger partial charge is 0.396 e. The number of anilines is 2. The fraction of sp³-hybridized carbons (Fsp3) is 0.600. The van der Waals surface area contributed by atoms with Gasteiger partial charge in [0.2, 0.25) is 11.6 Å². The van der Waals surface area contributed by atoms with Crippen LogP contribution in [-0.2, 0) is 0 Å². The van der Waals surface area contributed by atoms with Gasteiger partial charge < -0.3 is 16.2 Å². The molecule has 0 aliphatic carbocycles. The number of nitrogen functional groups attached to an aromatic ring is 1. The maximum absolute atomic E-state index is 10.8. The molecule has 0 saturated carbocycles. The molecule has 1 aromatic heterocycles. The van der Waals surface area contributed by atoms with Gasteiger partial charge in [0.05, 0.1) is 4.92 Å². The highest BCUT2D eigenvalue weighted by Gasteiger charge is 2.20. The van der Waals surface area contributed by atoms with E-state index in [1.807, 2.05) is 0 Å². The second kappa shape index (κ2) is 7.38. The van der Waals surface area contributed by atoms with Gasteiger partial charge in [-0.2, -0.15) is 0 Å². The molecule has 18 heavy (non-hydrogen) atoms. The highest BCUT2D eigenvalue weighted by atomic mass is 16.6.